The second kappa shape index (κ2) is 9.36. The Hall–Kier alpha value is -3.16. The number of carbonyl (C=O) groups is 1. The molecule has 0 unspecified atom stereocenters. The van der Waals surface area contributed by atoms with E-state index in [4.69, 9.17) is 5.73 Å². The molecule has 0 aromatic heterocycles. The number of benzene rings is 3. The number of hydrogen-bond acceptors (Lipinski definition) is 4. The highest BCUT2D eigenvalue weighted by atomic mass is 32.2. The van der Waals surface area contributed by atoms with Gasteiger partial charge in [-0.05, 0) is 42.0 Å². The van der Waals surface area contributed by atoms with Crippen molar-refractivity contribution < 1.29 is 13.2 Å². The van der Waals surface area contributed by atoms with Gasteiger partial charge in [0, 0.05) is 30.9 Å². The average Bonchev–Trinajstić information content (AvgIpc) is 2.74. The number of amides is 1. The van der Waals surface area contributed by atoms with Crippen molar-refractivity contribution in [3.05, 3.63) is 96.1 Å². The summed E-state index contributed by atoms with van der Waals surface area (Å²) in [5.74, 6) is -0.195. The Balaban J connectivity index is 1.76. The fourth-order valence-corrected chi connectivity index (χ4v) is 3.95. The van der Waals surface area contributed by atoms with Gasteiger partial charge in [-0.2, -0.15) is 0 Å². The monoisotopic (exact) mass is 409 g/mol. The van der Waals surface area contributed by atoms with Gasteiger partial charge in [0.2, 0.25) is 0 Å². The average molecular weight is 410 g/mol. The second-order valence-corrected chi connectivity index (χ2v) is 8.18. The van der Waals surface area contributed by atoms with E-state index in [0.29, 0.717) is 30.9 Å². The van der Waals surface area contributed by atoms with Gasteiger partial charge >= 0.3 is 0 Å². The van der Waals surface area contributed by atoms with Gasteiger partial charge in [-0.1, -0.05) is 48.5 Å². The van der Waals surface area contributed by atoms with Crippen LogP contribution in [0.25, 0.3) is 0 Å². The zero-order valence-electron chi connectivity index (χ0n) is 15.9. The van der Waals surface area contributed by atoms with Crippen LogP contribution in [-0.4, -0.2) is 32.3 Å². The molecule has 0 atom stereocenters. The number of para-hydroxylation sites is 1. The highest BCUT2D eigenvalue weighted by molar-refractivity contribution is 7.92. The minimum Gasteiger partial charge on any atom is -0.333 e. The summed E-state index contributed by atoms with van der Waals surface area (Å²) in [5.41, 5.74) is 7.56. The number of nitrogens with two attached hydrogens (primary N) is 1. The topological polar surface area (TPSA) is 92.5 Å². The summed E-state index contributed by atoms with van der Waals surface area (Å²) in [6, 6.07) is 24.2. The van der Waals surface area contributed by atoms with E-state index in [2.05, 4.69) is 4.72 Å². The quantitative estimate of drug-likeness (QED) is 0.598. The van der Waals surface area contributed by atoms with E-state index >= 15 is 0 Å². The maximum Gasteiger partial charge on any atom is 0.261 e. The van der Waals surface area contributed by atoms with E-state index in [9.17, 15) is 13.2 Å². The molecular weight excluding hydrogens is 386 g/mol. The first-order valence-corrected chi connectivity index (χ1v) is 10.7. The molecule has 3 aromatic carbocycles. The second-order valence-electron chi connectivity index (χ2n) is 6.50. The van der Waals surface area contributed by atoms with Crippen molar-refractivity contribution in [3.8, 4) is 0 Å². The lowest BCUT2D eigenvalue weighted by atomic mass is 10.1. The first kappa shape index (κ1) is 20.6. The summed E-state index contributed by atoms with van der Waals surface area (Å²) < 4.78 is 27.6. The predicted molar refractivity (Wildman–Crippen MR) is 114 cm³/mol. The van der Waals surface area contributed by atoms with Gasteiger partial charge < -0.3 is 10.6 Å². The molecule has 29 heavy (non-hydrogen) atoms. The van der Waals surface area contributed by atoms with E-state index in [1.54, 1.807) is 35.2 Å². The standard InChI is InChI=1S/C22H23N3O3S/c23-15-16-25(17-18-7-3-1-4-8-18)22(26)19-11-13-21(14-12-19)29(27,28)24-20-9-5-2-6-10-20/h1-14,24H,15-17,23H2. The third-order valence-electron chi connectivity index (χ3n) is 4.34. The van der Waals surface area contributed by atoms with Gasteiger partial charge in [-0.15, -0.1) is 0 Å². The van der Waals surface area contributed by atoms with E-state index in [0.717, 1.165) is 5.56 Å². The molecule has 0 heterocycles. The summed E-state index contributed by atoms with van der Waals surface area (Å²) in [6.45, 7) is 1.18. The first-order valence-electron chi connectivity index (χ1n) is 9.21. The minimum atomic E-state index is -3.73. The Labute approximate surface area is 171 Å². The van der Waals surface area contributed by atoms with Gasteiger partial charge in [-0.25, -0.2) is 8.42 Å². The largest absolute Gasteiger partial charge is 0.333 e. The van der Waals surface area contributed by atoms with E-state index in [-0.39, 0.29) is 10.8 Å². The molecule has 0 aliphatic heterocycles. The minimum absolute atomic E-state index is 0.0892. The lowest BCUT2D eigenvalue weighted by molar-refractivity contribution is 0.0748. The van der Waals surface area contributed by atoms with E-state index in [1.807, 2.05) is 30.3 Å². The van der Waals surface area contributed by atoms with Crippen molar-refractivity contribution in [2.24, 2.45) is 5.73 Å². The van der Waals surface area contributed by atoms with Crippen LogP contribution < -0.4 is 10.5 Å². The van der Waals surface area contributed by atoms with Crippen molar-refractivity contribution >= 4 is 21.6 Å². The molecule has 6 nitrogen and oxygen atoms in total. The smallest absolute Gasteiger partial charge is 0.261 e. The van der Waals surface area contributed by atoms with Crippen molar-refractivity contribution in [3.63, 3.8) is 0 Å². The van der Waals surface area contributed by atoms with Crippen molar-refractivity contribution in [2.75, 3.05) is 17.8 Å². The van der Waals surface area contributed by atoms with E-state index < -0.39 is 10.0 Å². The summed E-state index contributed by atoms with van der Waals surface area (Å²) in [6.07, 6.45) is 0. The third-order valence-corrected chi connectivity index (χ3v) is 5.74. The van der Waals surface area contributed by atoms with Gasteiger partial charge in [0.1, 0.15) is 0 Å². The molecule has 0 saturated heterocycles. The zero-order chi connectivity index (χ0) is 20.7. The molecule has 150 valence electrons. The van der Waals surface area contributed by atoms with Gasteiger partial charge in [0.05, 0.1) is 4.90 Å². The van der Waals surface area contributed by atoms with Crippen molar-refractivity contribution in [1.82, 2.24) is 4.90 Å². The van der Waals surface area contributed by atoms with Gasteiger partial charge in [0.15, 0.2) is 0 Å². The maximum absolute atomic E-state index is 12.9. The van der Waals surface area contributed by atoms with Crippen LogP contribution in [0.15, 0.2) is 89.8 Å². The molecule has 1 amide bonds. The number of rotatable bonds is 8. The molecule has 0 aliphatic rings. The molecule has 0 bridgehead atoms. The third kappa shape index (κ3) is 5.43. The molecule has 0 spiro atoms. The van der Waals surface area contributed by atoms with Crippen molar-refractivity contribution in [1.29, 1.82) is 0 Å². The zero-order valence-corrected chi connectivity index (χ0v) is 16.7. The summed E-state index contributed by atoms with van der Waals surface area (Å²) in [7, 11) is -3.73. The number of nitrogens with one attached hydrogen (secondary N) is 1. The normalized spacial score (nSPS) is 11.1. The lowest BCUT2D eigenvalue weighted by Crippen LogP contribution is -2.34. The highest BCUT2D eigenvalue weighted by Crippen LogP contribution is 2.17. The Morgan fingerprint density at radius 1 is 0.862 bits per heavy atom. The van der Waals surface area contributed by atoms with E-state index in [1.165, 1.54) is 24.3 Å². The Kier molecular flexibility index (Phi) is 6.64. The number of carbonyl (C=O) groups excluding carboxylic acids is 1. The van der Waals surface area contributed by atoms with Crippen LogP contribution in [-0.2, 0) is 16.6 Å². The molecule has 3 N–H and O–H groups in total. The van der Waals surface area contributed by atoms with Crippen LogP contribution in [0, 0.1) is 0 Å². The summed E-state index contributed by atoms with van der Waals surface area (Å²) in [5, 5.41) is 0. The molecule has 0 radical (unpaired) electrons. The Bertz CT molecular complexity index is 1040. The van der Waals surface area contributed by atoms with Gasteiger partial charge in [-0.3, -0.25) is 9.52 Å². The Morgan fingerprint density at radius 2 is 1.45 bits per heavy atom. The predicted octanol–water partition coefficient (Wildman–Crippen LogP) is 3.09. The van der Waals surface area contributed by atoms with Crippen LogP contribution in [0.2, 0.25) is 0 Å². The molecule has 0 fully saturated rings. The van der Waals surface area contributed by atoms with Crippen LogP contribution in [0.5, 0.6) is 0 Å². The molecule has 0 aliphatic carbocycles. The van der Waals surface area contributed by atoms with Crippen molar-refractivity contribution in [2.45, 2.75) is 11.4 Å². The van der Waals surface area contributed by atoms with Gasteiger partial charge in [0.25, 0.3) is 15.9 Å². The number of hydrogen-bond donors (Lipinski definition) is 2. The number of anilines is 1. The van der Waals surface area contributed by atoms with Crippen LogP contribution in [0.4, 0.5) is 5.69 Å². The summed E-state index contributed by atoms with van der Waals surface area (Å²) in [4.78, 5) is 14.6. The SMILES string of the molecule is NCCN(Cc1ccccc1)C(=O)c1ccc(S(=O)(=O)Nc2ccccc2)cc1. The highest BCUT2D eigenvalue weighted by Gasteiger charge is 2.18. The maximum atomic E-state index is 12.9. The molecule has 7 heteroatoms. The van der Waals surface area contributed by atoms with Crippen LogP contribution in [0.1, 0.15) is 15.9 Å². The van der Waals surface area contributed by atoms with Crippen LogP contribution in [0.3, 0.4) is 0 Å². The molecule has 0 saturated carbocycles. The number of sulfonamides is 1. The molecular formula is C22H23N3O3S. The fourth-order valence-electron chi connectivity index (χ4n) is 2.89. The van der Waals surface area contributed by atoms with Crippen LogP contribution >= 0.6 is 0 Å². The summed E-state index contributed by atoms with van der Waals surface area (Å²) >= 11 is 0. The first-order chi connectivity index (χ1) is 14.0. The molecule has 3 aromatic rings. The lowest BCUT2D eigenvalue weighted by Gasteiger charge is -2.22. The number of nitrogens with zero attached hydrogens (tertiary/aromatic N) is 1. The fraction of sp³-hybridized carbons (Fsp3) is 0.136. The Morgan fingerprint density at radius 3 is 2.03 bits per heavy atom. The molecule has 3 rings (SSSR count).